The Morgan fingerprint density at radius 2 is 2.06 bits per heavy atom. The molecule has 0 aliphatic carbocycles. The zero-order valence-corrected chi connectivity index (χ0v) is 11.2. The number of hydrogen-bond acceptors (Lipinski definition) is 2. The van der Waals surface area contributed by atoms with Crippen LogP contribution in [0.1, 0.15) is 12.5 Å². The number of benzene rings is 1. The molecule has 1 rings (SSSR count). The van der Waals surface area contributed by atoms with Gasteiger partial charge in [-0.2, -0.15) is 0 Å². The van der Waals surface area contributed by atoms with Gasteiger partial charge in [0.25, 0.3) is 0 Å². The van der Waals surface area contributed by atoms with E-state index < -0.39 is 0 Å². The molecular formula is C11H17BrN4. The lowest BCUT2D eigenvalue weighted by atomic mass is 10.2. The summed E-state index contributed by atoms with van der Waals surface area (Å²) in [5.41, 5.74) is 3.81. The molecule has 3 N–H and O–H groups in total. The lowest BCUT2D eigenvalue weighted by Crippen LogP contribution is -2.42. The molecule has 0 amide bonds. The van der Waals surface area contributed by atoms with Gasteiger partial charge in [0.15, 0.2) is 0 Å². The fourth-order valence-electron chi connectivity index (χ4n) is 1.36. The van der Waals surface area contributed by atoms with Crippen molar-refractivity contribution in [3.05, 3.63) is 34.3 Å². The van der Waals surface area contributed by atoms with Gasteiger partial charge in [0.1, 0.15) is 0 Å². The van der Waals surface area contributed by atoms with Gasteiger partial charge >= 0.3 is 0 Å². The van der Waals surface area contributed by atoms with Gasteiger partial charge in [0, 0.05) is 24.6 Å². The maximum Gasteiger partial charge on any atom is 0.208 e. The minimum absolute atomic E-state index is 0.699. The van der Waals surface area contributed by atoms with Crippen LogP contribution in [0.15, 0.2) is 33.7 Å². The van der Waals surface area contributed by atoms with Crippen molar-refractivity contribution in [1.29, 1.82) is 0 Å². The van der Waals surface area contributed by atoms with Crippen LogP contribution >= 0.6 is 15.9 Å². The van der Waals surface area contributed by atoms with Crippen molar-refractivity contribution >= 4 is 21.9 Å². The van der Waals surface area contributed by atoms with Crippen LogP contribution in [0.2, 0.25) is 0 Å². The molecule has 1 aromatic carbocycles. The predicted octanol–water partition coefficient (Wildman–Crippen LogP) is 1.72. The molecule has 0 bridgehead atoms. The predicted molar refractivity (Wildman–Crippen MR) is 70.9 cm³/mol. The second-order valence-corrected chi connectivity index (χ2v) is 4.34. The first-order valence-corrected chi connectivity index (χ1v) is 5.93. The third-order valence-corrected chi connectivity index (χ3v) is 2.66. The molecule has 0 radical (unpaired) electrons. The smallest absolute Gasteiger partial charge is 0.208 e. The quantitative estimate of drug-likeness (QED) is 0.385. The van der Waals surface area contributed by atoms with E-state index in [0.717, 1.165) is 11.0 Å². The summed E-state index contributed by atoms with van der Waals surface area (Å²) in [4.78, 5) is 6.23. The molecule has 0 unspecified atom stereocenters. The van der Waals surface area contributed by atoms with Crippen LogP contribution in [0.5, 0.6) is 0 Å². The highest BCUT2D eigenvalue weighted by Gasteiger charge is 2.04. The molecule has 16 heavy (non-hydrogen) atoms. The molecule has 0 fully saturated rings. The van der Waals surface area contributed by atoms with Crippen LogP contribution in [0, 0.1) is 0 Å². The molecule has 0 aromatic heterocycles. The Balaban J connectivity index is 2.66. The van der Waals surface area contributed by atoms with E-state index in [1.165, 1.54) is 5.56 Å². The van der Waals surface area contributed by atoms with Crippen molar-refractivity contribution in [1.82, 2.24) is 10.3 Å². The van der Waals surface area contributed by atoms with Crippen molar-refractivity contribution in [2.24, 2.45) is 10.8 Å². The van der Waals surface area contributed by atoms with Crippen LogP contribution in [0.3, 0.4) is 0 Å². The molecule has 5 heteroatoms. The summed E-state index contributed by atoms with van der Waals surface area (Å²) in [7, 11) is 1.95. The number of hydrazine groups is 1. The summed E-state index contributed by atoms with van der Waals surface area (Å²) in [5, 5.41) is 0. The second kappa shape index (κ2) is 6.50. The topological polar surface area (TPSA) is 53.6 Å². The van der Waals surface area contributed by atoms with Crippen molar-refractivity contribution < 1.29 is 0 Å². The van der Waals surface area contributed by atoms with E-state index in [2.05, 4.69) is 38.5 Å². The van der Waals surface area contributed by atoms with Gasteiger partial charge in [0.05, 0.1) is 0 Å². The standard InChI is InChI=1S/C11H17BrN4/c1-3-14-11(15-13)16(2)8-9-4-6-10(12)7-5-9/h4-7H,3,8,13H2,1-2H3,(H,14,15). The number of aliphatic imine (C=N–C) groups is 1. The van der Waals surface area contributed by atoms with Gasteiger partial charge < -0.3 is 4.90 Å². The SMILES string of the molecule is CCN=C(NN)N(C)Cc1ccc(Br)cc1. The van der Waals surface area contributed by atoms with E-state index in [9.17, 15) is 0 Å². The summed E-state index contributed by atoms with van der Waals surface area (Å²) in [6.45, 7) is 3.46. The largest absolute Gasteiger partial charge is 0.341 e. The molecule has 0 saturated carbocycles. The van der Waals surface area contributed by atoms with Crippen molar-refractivity contribution in [3.63, 3.8) is 0 Å². The molecule has 4 nitrogen and oxygen atoms in total. The fourth-order valence-corrected chi connectivity index (χ4v) is 1.63. The van der Waals surface area contributed by atoms with Crippen molar-refractivity contribution in [3.8, 4) is 0 Å². The number of hydrogen-bond donors (Lipinski definition) is 2. The Kier molecular flexibility index (Phi) is 5.28. The zero-order chi connectivity index (χ0) is 12.0. The summed E-state index contributed by atoms with van der Waals surface area (Å²) in [6.07, 6.45) is 0. The molecule has 0 aliphatic rings. The van der Waals surface area contributed by atoms with E-state index in [4.69, 9.17) is 5.84 Å². The van der Waals surface area contributed by atoms with Gasteiger partial charge in [0.2, 0.25) is 5.96 Å². The molecule has 88 valence electrons. The van der Waals surface area contributed by atoms with Crippen LogP contribution in [0.4, 0.5) is 0 Å². The number of halogens is 1. The van der Waals surface area contributed by atoms with Crippen LogP contribution in [-0.2, 0) is 6.54 Å². The van der Waals surface area contributed by atoms with Crippen molar-refractivity contribution in [2.45, 2.75) is 13.5 Å². The van der Waals surface area contributed by atoms with Crippen LogP contribution in [-0.4, -0.2) is 24.5 Å². The fraction of sp³-hybridized carbons (Fsp3) is 0.364. The summed E-state index contributed by atoms with van der Waals surface area (Å²) in [5.74, 6) is 6.11. The third-order valence-electron chi connectivity index (χ3n) is 2.13. The van der Waals surface area contributed by atoms with Gasteiger partial charge in [-0.25, -0.2) is 5.84 Å². The average molecular weight is 285 g/mol. The monoisotopic (exact) mass is 284 g/mol. The number of nitrogens with zero attached hydrogens (tertiary/aromatic N) is 2. The van der Waals surface area contributed by atoms with E-state index >= 15 is 0 Å². The summed E-state index contributed by atoms with van der Waals surface area (Å²) >= 11 is 3.41. The van der Waals surface area contributed by atoms with Crippen molar-refractivity contribution in [2.75, 3.05) is 13.6 Å². The Morgan fingerprint density at radius 1 is 1.44 bits per heavy atom. The Morgan fingerprint density at radius 3 is 2.56 bits per heavy atom. The molecule has 0 saturated heterocycles. The third kappa shape index (κ3) is 3.83. The normalized spacial score (nSPS) is 11.4. The van der Waals surface area contributed by atoms with E-state index in [0.29, 0.717) is 12.5 Å². The first-order chi connectivity index (χ1) is 7.67. The molecule has 0 aliphatic heterocycles. The highest BCUT2D eigenvalue weighted by atomic mass is 79.9. The molecule has 0 heterocycles. The minimum Gasteiger partial charge on any atom is -0.341 e. The summed E-state index contributed by atoms with van der Waals surface area (Å²) in [6, 6.07) is 8.19. The maximum absolute atomic E-state index is 5.41. The minimum atomic E-state index is 0.699. The lowest BCUT2D eigenvalue weighted by molar-refractivity contribution is 0.477. The van der Waals surface area contributed by atoms with E-state index in [1.54, 1.807) is 0 Å². The Bertz CT molecular complexity index is 348. The van der Waals surface area contributed by atoms with Gasteiger partial charge in [-0.15, -0.1) is 0 Å². The van der Waals surface area contributed by atoms with Crippen LogP contribution in [0.25, 0.3) is 0 Å². The molecule has 1 aromatic rings. The first kappa shape index (κ1) is 13.0. The summed E-state index contributed by atoms with van der Waals surface area (Å²) < 4.78 is 1.08. The van der Waals surface area contributed by atoms with Gasteiger partial charge in [-0.05, 0) is 24.6 Å². The number of guanidine groups is 1. The van der Waals surface area contributed by atoms with Gasteiger partial charge in [-0.3, -0.25) is 10.4 Å². The van der Waals surface area contributed by atoms with Crippen LogP contribution < -0.4 is 11.3 Å². The average Bonchev–Trinajstić information content (AvgIpc) is 2.29. The highest BCUT2D eigenvalue weighted by molar-refractivity contribution is 9.10. The zero-order valence-electron chi connectivity index (χ0n) is 9.57. The van der Waals surface area contributed by atoms with E-state index in [1.807, 2.05) is 31.0 Å². The highest BCUT2D eigenvalue weighted by Crippen LogP contribution is 2.11. The molecule has 0 atom stereocenters. The number of rotatable bonds is 3. The maximum atomic E-state index is 5.41. The lowest BCUT2D eigenvalue weighted by Gasteiger charge is -2.20. The Labute approximate surface area is 105 Å². The van der Waals surface area contributed by atoms with E-state index in [-0.39, 0.29) is 0 Å². The number of nitrogens with one attached hydrogen (secondary N) is 1. The number of nitrogens with two attached hydrogens (primary N) is 1. The molecule has 0 spiro atoms. The first-order valence-electron chi connectivity index (χ1n) is 5.14. The Hall–Kier alpha value is -1.07. The second-order valence-electron chi connectivity index (χ2n) is 3.42. The van der Waals surface area contributed by atoms with Gasteiger partial charge in [-0.1, -0.05) is 28.1 Å². The molecular weight excluding hydrogens is 268 g/mol.